The van der Waals surface area contributed by atoms with Gasteiger partial charge >= 0.3 is 0 Å². The molecule has 0 aromatic heterocycles. The van der Waals surface area contributed by atoms with Crippen molar-refractivity contribution < 1.29 is 0 Å². The van der Waals surface area contributed by atoms with Crippen LogP contribution in [0.3, 0.4) is 0 Å². The molecule has 0 radical (unpaired) electrons. The van der Waals surface area contributed by atoms with Gasteiger partial charge in [0, 0.05) is 0 Å². The van der Waals surface area contributed by atoms with E-state index in [0.29, 0.717) is 5.92 Å². The Hall–Kier alpha value is -0.780. The second kappa shape index (κ2) is 4.61. The molecule has 1 atom stereocenters. The van der Waals surface area contributed by atoms with Gasteiger partial charge in [-0.25, -0.2) is 0 Å². The van der Waals surface area contributed by atoms with Gasteiger partial charge in [-0.15, -0.1) is 0 Å². The van der Waals surface area contributed by atoms with E-state index in [1.54, 1.807) is 16.7 Å². The molecule has 0 amide bonds. The maximum Gasteiger partial charge on any atom is -0.0216 e. The van der Waals surface area contributed by atoms with Crippen LogP contribution in [-0.2, 0) is 12.8 Å². The third-order valence-electron chi connectivity index (χ3n) is 4.12. The summed E-state index contributed by atoms with van der Waals surface area (Å²) in [6.07, 6.45) is 3.98. The first-order chi connectivity index (χ1) is 7.59. The maximum absolute atomic E-state index is 2.37. The van der Waals surface area contributed by atoms with Crippen molar-refractivity contribution in [2.24, 2.45) is 11.8 Å². The van der Waals surface area contributed by atoms with E-state index in [2.05, 4.69) is 45.9 Å². The first kappa shape index (κ1) is 11.7. The molecule has 0 N–H and O–H groups in total. The highest BCUT2D eigenvalue weighted by atomic mass is 14.3. The largest absolute Gasteiger partial charge is 0.0625 e. The van der Waals surface area contributed by atoms with Gasteiger partial charge in [0.25, 0.3) is 0 Å². The lowest BCUT2D eigenvalue weighted by Crippen LogP contribution is -2.20. The van der Waals surface area contributed by atoms with Gasteiger partial charge < -0.3 is 0 Å². The summed E-state index contributed by atoms with van der Waals surface area (Å²) in [5.41, 5.74) is 4.87. The standard InChI is InChI=1S/C16H24/c1-11(2)14-9-8-13-6-5-7-15(12(3)4)16(13)10-14/h5-7,11-12,14H,8-10H2,1-4H3. The summed E-state index contributed by atoms with van der Waals surface area (Å²) in [4.78, 5) is 0. The van der Waals surface area contributed by atoms with Gasteiger partial charge in [0.2, 0.25) is 0 Å². The average molecular weight is 216 g/mol. The molecule has 0 nitrogen and oxygen atoms in total. The van der Waals surface area contributed by atoms with Gasteiger partial charge in [0.1, 0.15) is 0 Å². The van der Waals surface area contributed by atoms with Crippen molar-refractivity contribution in [1.82, 2.24) is 0 Å². The molecule has 0 bridgehead atoms. The highest BCUT2D eigenvalue weighted by Gasteiger charge is 2.23. The van der Waals surface area contributed by atoms with Crippen LogP contribution in [0.1, 0.15) is 56.7 Å². The fourth-order valence-corrected chi connectivity index (χ4v) is 2.95. The van der Waals surface area contributed by atoms with E-state index in [-0.39, 0.29) is 0 Å². The molecular weight excluding hydrogens is 192 g/mol. The molecular formula is C16H24. The minimum Gasteiger partial charge on any atom is -0.0625 e. The van der Waals surface area contributed by atoms with E-state index in [1.165, 1.54) is 19.3 Å². The molecule has 88 valence electrons. The molecule has 2 rings (SSSR count). The van der Waals surface area contributed by atoms with E-state index in [4.69, 9.17) is 0 Å². The summed E-state index contributed by atoms with van der Waals surface area (Å²) in [6, 6.07) is 6.90. The van der Waals surface area contributed by atoms with Crippen LogP contribution in [-0.4, -0.2) is 0 Å². The predicted molar refractivity (Wildman–Crippen MR) is 70.9 cm³/mol. The lowest BCUT2D eigenvalue weighted by atomic mass is 9.75. The van der Waals surface area contributed by atoms with E-state index in [1.807, 2.05) is 0 Å². The second-order valence-corrected chi connectivity index (χ2v) is 5.89. The summed E-state index contributed by atoms with van der Waals surface area (Å²) in [5.74, 6) is 2.39. The highest BCUT2D eigenvalue weighted by molar-refractivity contribution is 5.39. The van der Waals surface area contributed by atoms with Crippen molar-refractivity contribution >= 4 is 0 Å². The van der Waals surface area contributed by atoms with E-state index in [0.717, 1.165) is 11.8 Å². The first-order valence-corrected chi connectivity index (χ1v) is 6.70. The Morgan fingerprint density at radius 1 is 1.12 bits per heavy atom. The number of hydrogen-bond donors (Lipinski definition) is 0. The third kappa shape index (κ3) is 2.16. The molecule has 0 heterocycles. The topological polar surface area (TPSA) is 0 Å². The summed E-state index contributed by atoms with van der Waals surface area (Å²) < 4.78 is 0. The van der Waals surface area contributed by atoms with Gasteiger partial charge in [-0.3, -0.25) is 0 Å². The molecule has 0 saturated carbocycles. The quantitative estimate of drug-likeness (QED) is 0.679. The molecule has 0 saturated heterocycles. The van der Waals surface area contributed by atoms with Crippen LogP contribution in [0.2, 0.25) is 0 Å². The molecule has 1 aromatic carbocycles. The fraction of sp³-hybridized carbons (Fsp3) is 0.625. The van der Waals surface area contributed by atoms with Crippen LogP contribution in [0.4, 0.5) is 0 Å². The van der Waals surface area contributed by atoms with Crippen molar-refractivity contribution in [2.75, 3.05) is 0 Å². The maximum atomic E-state index is 2.37. The van der Waals surface area contributed by atoms with Gasteiger partial charge in [0.15, 0.2) is 0 Å². The SMILES string of the molecule is CC(C)c1cccc2c1CC(C(C)C)CC2. The monoisotopic (exact) mass is 216 g/mol. The Kier molecular flexibility index (Phi) is 3.37. The summed E-state index contributed by atoms with van der Waals surface area (Å²) in [5, 5.41) is 0. The third-order valence-corrected chi connectivity index (χ3v) is 4.12. The molecule has 1 aliphatic rings. The molecule has 0 aliphatic heterocycles. The van der Waals surface area contributed by atoms with E-state index in [9.17, 15) is 0 Å². The van der Waals surface area contributed by atoms with Gasteiger partial charge in [-0.05, 0) is 53.7 Å². The lowest BCUT2D eigenvalue weighted by Gasteiger charge is -2.30. The molecule has 0 fully saturated rings. The van der Waals surface area contributed by atoms with Crippen LogP contribution < -0.4 is 0 Å². The molecule has 0 spiro atoms. The Morgan fingerprint density at radius 2 is 1.88 bits per heavy atom. The predicted octanol–water partition coefficient (Wildman–Crippen LogP) is 4.57. The van der Waals surface area contributed by atoms with Crippen LogP contribution in [0.25, 0.3) is 0 Å². The summed E-state index contributed by atoms with van der Waals surface area (Å²) in [7, 11) is 0. The van der Waals surface area contributed by atoms with Crippen molar-refractivity contribution in [2.45, 2.75) is 52.9 Å². The smallest absolute Gasteiger partial charge is 0.0216 e. The second-order valence-electron chi connectivity index (χ2n) is 5.89. The first-order valence-electron chi connectivity index (χ1n) is 6.70. The van der Waals surface area contributed by atoms with Crippen LogP contribution >= 0.6 is 0 Å². The zero-order valence-corrected chi connectivity index (χ0v) is 11.1. The van der Waals surface area contributed by atoms with E-state index >= 15 is 0 Å². The molecule has 1 aromatic rings. The van der Waals surface area contributed by atoms with Crippen LogP contribution in [0.15, 0.2) is 18.2 Å². The molecule has 1 unspecified atom stereocenters. The van der Waals surface area contributed by atoms with Crippen LogP contribution in [0, 0.1) is 11.8 Å². The van der Waals surface area contributed by atoms with Crippen molar-refractivity contribution in [3.63, 3.8) is 0 Å². The Morgan fingerprint density at radius 3 is 2.50 bits per heavy atom. The van der Waals surface area contributed by atoms with Gasteiger partial charge in [-0.2, -0.15) is 0 Å². The van der Waals surface area contributed by atoms with Gasteiger partial charge in [-0.1, -0.05) is 45.9 Å². The number of benzene rings is 1. The Bertz CT molecular complexity index is 360. The number of aryl methyl sites for hydroxylation is 1. The Labute approximate surface area is 100 Å². The number of hydrogen-bond acceptors (Lipinski definition) is 0. The minimum absolute atomic E-state index is 0.667. The minimum atomic E-state index is 0.667. The molecule has 16 heavy (non-hydrogen) atoms. The average Bonchev–Trinajstić information content (AvgIpc) is 2.27. The van der Waals surface area contributed by atoms with Crippen LogP contribution in [0.5, 0.6) is 0 Å². The molecule has 1 aliphatic carbocycles. The zero-order valence-electron chi connectivity index (χ0n) is 11.1. The number of fused-ring (bicyclic) bond motifs is 1. The zero-order chi connectivity index (χ0) is 11.7. The van der Waals surface area contributed by atoms with Crippen molar-refractivity contribution in [3.05, 3.63) is 34.9 Å². The van der Waals surface area contributed by atoms with Crippen molar-refractivity contribution in [1.29, 1.82) is 0 Å². The van der Waals surface area contributed by atoms with Crippen molar-refractivity contribution in [3.8, 4) is 0 Å². The van der Waals surface area contributed by atoms with E-state index < -0.39 is 0 Å². The van der Waals surface area contributed by atoms with Gasteiger partial charge in [0.05, 0.1) is 0 Å². The summed E-state index contributed by atoms with van der Waals surface area (Å²) in [6.45, 7) is 9.37. The fourth-order valence-electron chi connectivity index (χ4n) is 2.95. The summed E-state index contributed by atoms with van der Waals surface area (Å²) >= 11 is 0. The highest BCUT2D eigenvalue weighted by Crippen LogP contribution is 2.34. The Balaban J connectivity index is 2.34. The lowest BCUT2D eigenvalue weighted by molar-refractivity contribution is 0.341. The normalized spacial score (nSPS) is 20.2. The number of rotatable bonds is 2. The molecule has 0 heteroatoms.